The zero-order chi connectivity index (χ0) is 18.0. The van der Waals surface area contributed by atoms with Crippen molar-refractivity contribution < 1.29 is 9.53 Å². The van der Waals surface area contributed by atoms with E-state index in [1.165, 1.54) is 51.2 Å². The molecule has 2 aliphatic carbocycles. The van der Waals surface area contributed by atoms with Crippen LogP contribution in [0.15, 0.2) is 23.8 Å². The van der Waals surface area contributed by atoms with Gasteiger partial charge in [-0.15, -0.1) is 0 Å². The third-order valence-corrected chi connectivity index (χ3v) is 6.95. The summed E-state index contributed by atoms with van der Waals surface area (Å²) in [5.41, 5.74) is 3.47. The molecule has 0 aromatic carbocycles. The fraction of sp³-hybridized carbons (Fsp3) is 0.773. The van der Waals surface area contributed by atoms with Gasteiger partial charge in [0.25, 0.3) is 0 Å². The monoisotopic (exact) mass is 332 g/mol. The van der Waals surface area contributed by atoms with Gasteiger partial charge < -0.3 is 4.74 Å². The first kappa shape index (κ1) is 19.3. The van der Waals surface area contributed by atoms with Crippen LogP contribution in [0.1, 0.15) is 79.1 Å². The van der Waals surface area contributed by atoms with E-state index >= 15 is 0 Å². The summed E-state index contributed by atoms with van der Waals surface area (Å²) in [4.78, 5) is 11.3. The second kappa shape index (κ2) is 7.45. The first-order chi connectivity index (χ1) is 11.2. The van der Waals surface area contributed by atoms with Gasteiger partial charge in [-0.05, 0) is 74.5 Å². The van der Waals surface area contributed by atoms with Crippen LogP contribution in [-0.2, 0) is 9.53 Å². The van der Waals surface area contributed by atoms with Crippen molar-refractivity contribution in [3.8, 4) is 0 Å². The molecule has 2 saturated carbocycles. The molecule has 0 amide bonds. The van der Waals surface area contributed by atoms with Gasteiger partial charge in [-0.3, -0.25) is 0 Å². The van der Waals surface area contributed by atoms with Crippen molar-refractivity contribution >= 4 is 5.97 Å². The van der Waals surface area contributed by atoms with Crippen LogP contribution < -0.4 is 0 Å². The van der Waals surface area contributed by atoms with Crippen LogP contribution in [0.25, 0.3) is 0 Å². The van der Waals surface area contributed by atoms with E-state index in [9.17, 15) is 4.79 Å². The van der Waals surface area contributed by atoms with Gasteiger partial charge in [0, 0.05) is 6.08 Å². The summed E-state index contributed by atoms with van der Waals surface area (Å²) >= 11 is 0. The predicted octanol–water partition coefficient (Wildman–Crippen LogP) is 6.07. The second-order valence-corrected chi connectivity index (χ2v) is 9.06. The largest absolute Gasteiger partial charge is 0.466 e. The van der Waals surface area contributed by atoms with E-state index in [4.69, 9.17) is 4.74 Å². The number of allylic oxidation sites excluding steroid dienone is 2. The van der Waals surface area contributed by atoms with Crippen LogP contribution in [0.3, 0.4) is 0 Å². The molecule has 0 aromatic heterocycles. The molecule has 2 fully saturated rings. The molecule has 2 rings (SSSR count). The number of rotatable bonds is 5. The highest BCUT2D eigenvalue weighted by atomic mass is 16.5. The highest BCUT2D eigenvalue weighted by molar-refractivity contribution is 5.82. The Labute approximate surface area is 148 Å². The average molecular weight is 333 g/mol. The van der Waals surface area contributed by atoms with Gasteiger partial charge in [-0.1, -0.05) is 44.9 Å². The van der Waals surface area contributed by atoms with E-state index in [1.807, 2.05) is 6.92 Å². The first-order valence-corrected chi connectivity index (χ1v) is 9.63. The average Bonchev–Trinajstić information content (AvgIpc) is 2.49. The van der Waals surface area contributed by atoms with E-state index < -0.39 is 0 Å². The molecular formula is C22H36O2. The molecule has 0 radical (unpaired) electrons. The highest BCUT2D eigenvalue weighted by Crippen LogP contribution is 2.61. The number of carbonyl (C=O) groups excluding carboxylic acids is 1. The molecule has 2 nitrogen and oxygen atoms in total. The smallest absolute Gasteiger partial charge is 0.330 e. The number of esters is 1. The van der Waals surface area contributed by atoms with Crippen molar-refractivity contribution in [1.82, 2.24) is 0 Å². The summed E-state index contributed by atoms with van der Waals surface area (Å²) in [6, 6.07) is 0. The normalized spacial score (nSPS) is 33.0. The van der Waals surface area contributed by atoms with Crippen molar-refractivity contribution in [2.45, 2.75) is 79.1 Å². The van der Waals surface area contributed by atoms with Gasteiger partial charge in [-0.2, -0.15) is 0 Å². The van der Waals surface area contributed by atoms with Crippen molar-refractivity contribution in [1.29, 1.82) is 0 Å². The Morgan fingerprint density at radius 2 is 2.04 bits per heavy atom. The maximum Gasteiger partial charge on any atom is 0.330 e. The molecule has 0 spiro atoms. The number of ether oxygens (including phenoxy) is 1. The molecule has 0 aromatic rings. The maximum atomic E-state index is 11.3. The van der Waals surface area contributed by atoms with Crippen LogP contribution in [0.4, 0.5) is 0 Å². The number of methoxy groups -OCH3 is 1. The SMILES string of the molecule is C=C1CCC2C(C)(C)CCC[C@@]2(C)[C@@H]1CCC/C(C)=C/C(=O)OC. The number of fused-ring (bicyclic) bond motifs is 1. The van der Waals surface area contributed by atoms with Gasteiger partial charge in [0.2, 0.25) is 0 Å². The first-order valence-electron chi connectivity index (χ1n) is 9.63. The van der Waals surface area contributed by atoms with Crippen molar-refractivity contribution in [3.05, 3.63) is 23.8 Å². The quantitative estimate of drug-likeness (QED) is 0.347. The standard InChI is InChI=1S/C22H36O2/c1-16(15-20(23)24-6)9-7-10-18-17(2)11-12-19-21(3,4)13-8-14-22(18,19)5/h15,18-19H,2,7-14H2,1,3-6H3/b16-15+/t18-,19?,22+/m1/s1. The van der Waals surface area contributed by atoms with Gasteiger partial charge in [0.05, 0.1) is 7.11 Å². The van der Waals surface area contributed by atoms with Crippen molar-refractivity contribution in [2.75, 3.05) is 7.11 Å². The topological polar surface area (TPSA) is 26.3 Å². The van der Waals surface area contributed by atoms with Crippen LogP contribution in [0.2, 0.25) is 0 Å². The van der Waals surface area contributed by atoms with E-state index in [0.29, 0.717) is 16.7 Å². The van der Waals surface area contributed by atoms with Crippen LogP contribution in [-0.4, -0.2) is 13.1 Å². The van der Waals surface area contributed by atoms with Crippen LogP contribution in [0.5, 0.6) is 0 Å². The van der Waals surface area contributed by atoms with E-state index in [-0.39, 0.29) is 5.97 Å². The lowest BCUT2D eigenvalue weighted by Gasteiger charge is -2.58. The zero-order valence-electron chi connectivity index (χ0n) is 16.4. The third kappa shape index (κ3) is 3.95. The molecule has 0 N–H and O–H groups in total. The van der Waals surface area contributed by atoms with Crippen molar-refractivity contribution in [2.24, 2.45) is 22.7 Å². The van der Waals surface area contributed by atoms with Gasteiger partial charge in [0.15, 0.2) is 0 Å². The molecule has 0 aliphatic heterocycles. The minimum atomic E-state index is -0.240. The van der Waals surface area contributed by atoms with E-state index in [2.05, 4.69) is 27.4 Å². The minimum absolute atomic E-state index is 0.240. The van der Waals surface area contributed by atoms with Crippen LogP contribution >= 0.6 is 0 Å². The Balaban J connectivity index is 2.04. The van der Waals surface area contributed by atoms with Crippen LogP contribution in [0, 0.1) is 22.7 Å². The molecular weight excluding hydrogens is 296 g/mol. The fourth-order valence-electron chi connectivity index (χ4n) is 5.72. The second-order valence-electron chi connectivity index (χ2n) is 9.06. The summed E-state index contributed by atoms with van der Waals surface area (Å²) in [5, 5.41) is 0. The lowest BCUT2D eigenvalue weighted by molar-refractivity contribution is -0.134. The Morgan fingerprint density at radius 1 is 1.33 bits per heavy atom. The fourth-order valence-corrected chi connectivity index (χ4v) is 5.72. The number of carbonyl (C=O) groups is 1. The van der Waals surface area contributed by atoms with Gasteiger partial charge >= 0.3 is 5.97 Å². The molecule has 24 heavy (non-hydrogen) atoms. The lowest BCUT2D eigenvalue weighted by atomic mass is 9.47. The van der Waals surface area contributed by atoms with Gasteiger partial charge in [0.1, 0.15) is 0 Å². The molecule has 2 heteroatoms. The zero-order valence-corrected chi connectivity index (χ0v) is 16.4. The molecule has 136 valence electrons. The summed E-state index contributed by atoms with van der Waals surface area (Å²) < 4.78 is 4.71. The molecule has 0 heterocycles. The molecule has 2 aliphatic rings. The summed E-state index contributed by atoms with van der Waals surface area (Å²) in [7, 11) is 1.43. The Morgan fingerprint density at radius 3 is 2.71 bits per heavy atom. The molecule has 0 bridgehead atoms. The summed E-state index contributed by atoms with van der Waals surface area (Å²) in [5.74, 6) is 1.22. The lowest BCUT2D eigenvalue weighted by Crippen LogP contribution is -2.49. The van der Waals surface area contributed by atoms with Crippen molar-refractivity contribution in [3.63, 3.8) is 0 Å². The Hall–Kier alpha value is -1.05. The number of hydrogen-bond donors (Lipinski definition) is 0. The Bertz CT molecular complexity index is 514. The number of hydrogen-bond acceptors (Lipinski definition) is 2. The third-order valence-electron chi connectivity index (χ3n) is 6.95. The predicted molar refractivity (Wildman–Crippen MR) is 101 cm³/mol. The molecule has 3 atom stereocenters. The van der Waals surface area contributed by atoms with Gasteiger partial charge in [-0.25, -0.2) is 4.79 Å². The molecule has 1 unspecified atom stereocenters. The van der Waals surface area contributed by atoms with E-state index in [1.54, 1.807) is 6.08 Å². The minimum Gasteiger partial charge on any atom is -0.466 e. The summed E-state index contributed by atoms with van der Waals surface area (Å²) in [6.45, 7) is 14.0. The highest BCUT2D eigenvalue weighted by Gasteiger charge is 2.52. The summed E-state index contributed by atoms with van der Waals surface area (Å²) in [6.07, 6.45) is 11.5. The van der Waals surface area contributed by atoms with E-state index in [0.717, 1.165) is 24.3 Å². The Kier molecular flexibility index (Phi) is 5.99. The molecule has 0 saturated heterocycles. The maximum absolute atomic E-state index is 11.3.